The second kappa shape index (κ2) is 12.0. The molecule has 27 heavy (non-hydrogen) atoms. The van der Waals surface area contributed by atoms with Gasteiger partial charge in [0.15, 0.2) is 17.5 Å². The molecule has 6 nitrogen and oxygen atoms in total. The van der Waals surface area contributed by atoms with Gasteiger partial charge < -0.3 is 20.5 Å². The maximum atomic E-state index is 6.07. The summed E-state index contributed by atoms with van der Waals surface area (Å²) in [6.07, 6.45) is 3.82. The van der Waals surface area contributed by atoms with Crippen molar-refractivity contribution in [2.45, 2.75) is 26.4 Å². The van der Waals surface area contributed by atoms with Gasteiger partial charge in [-0.2, -0.15) is 0 Å². The van der Waals surface area contributed by atoms with E-state index in [1.807, 2.05) is 30.4 Å². The zero-order valence-corrected chi connectivity index (χ0v) is 17.1. The Balaban J connectivity index is 2.71. The van der Waals surface area contributed by atoms with Crippen LogP contribution in [0.25, 0.3) is 0 Å². The van der Waals surface area contributed by atoms with Crippen molar-refractivity contribution in [2.24, 2.45) is 16.6 Å². The molecule has 1 rings (SSSR count). The topological polar surface area (TPSA) is 72.1 Å². The van der Waals surface area contributed by atoms with E-state index in [-0.39, 0.29) is 0 Å². The van der Waals surface area contributed by atoms with E-state index in [4.69, 9.17) is 15.2 Å². The van der Waals surface area contributed by atoms with Crippen molar-refractivity contribution in [3.63, 3.8) is 0 Å². The number of hydrogen-bond donors (Lipinski definition) is 2. The molecule has 150 valence electrons. The van der Waals surface area contributed by atoms with Gasteiger partial charge in [-0.1, -0.05) is 32.1 Å². The first-order valence-corrected chi connectivity index (χ1v) is 9.17. The lowest BCUT2D eigenvalue weighted by Gasteiger charge is -2.33. The molecule has 0 aromatic heterocycles. The standard InChI is InChI=1S/C21H34N4O2/c1-7-11-25(12-8-2)18(16(3)4)15-24-21(22)23-14-17-9-10-19(26-5)20(13-17)27-6/h7-10,13,16,18H,1-2,11-12,14-15H2,3-6H3,(H3,22,23,24). The molecule has 1 aromatic carbocycles. The molecule has 0 aliphatic heterocycles. The van der Waals surface area contributed by atoms with E-state index in [1.165, 1.54) is 0 Å². The van der Waals surface area contributed by atoms with E-state index in [2.05, 4.69) is 42.2 Å². The molecule has 0 radical (unpaired) electrons. The van der Waals surface area contributed by atoms with E-state index >= 15 is 0 Å². The largest absolute Gasteiger partial charge is 0.493 e. The molecule has 0 bridgehead atoms. The lowest BCUT2D eigenvalue weighted by Crippen LogP contribution is -2.48. The Morgan fingerprint density at radius 3 is 2.33 bits per heavy atom. The smallest absolute Gasteiger partial charge is 0.188 e. The quantitative estimate of drug-likeness (QED) is 0.334. The number of ether oxygens (including phenoxy) is 2. The van der Waals surface area contributed by atoms with E-state index < -0.39 is 0 Å². The van der Waals surface area contributed by atoms with Crippen molar-refractivity contribution in [3.05, 3.63) is 49.1 Å². The van der Waals surface area contributed by atoms with Crippen LogP contribution < -0.4 is 20.5 Å². The highest BCUT2D eigenvalue weighted by Gasteiger charge is 2.20. The number of methoxy groups -OCH3 is 2. The van der Waals surface area contributed by atoms with Gasteiger partial charge in [0.25, 0.3) is 0 Å². The van der Waals surface area contributed by atoms with Gasteiger partial charge in [-0.15, -0.1) is 13.2 Å². The van der Waals surface area contributed by atoms with Gasteiger partial charge in [0, 0.05) is 25.7 Å². The Morgan fingerprint density at radius 2 is 1.81 bits per heavy atom. The van der Waals surface area contributed by atoms with Gasteiger partial charge >= 0.3 is 0 Å². The van der Waals surface area contributed by atoms with Crippen LogP contribution in [0.3, 0.4) is 0 Å². The summed E-state index contributed by atoms with van der Waals surface area (Å²) in [6, 6.07) is 6.02. The highest BCUT2D eigenvalue weighted by atomic mass is 16.5. The van der Waals surface area contributed by atoms with Crippen LogP contribution in [0.4, 0.5) is 0 Å². The minimum absolute atomic E-state index is 0.302. The normalized spacial score (nSPS) is 12.7. The third-order valence-electron chi connectivity index (χ3n) is 4.34. The summed E-state index contributed by atoms with van der Waals surface area (Å²) in [4.78, 5) is 6.75. The van der Waals surface area contributed by atoms with E-state index in [0.717, 1.165) is 18.7 Å². The maximum absolute atomic E-state index is 6.07. The molecule has 0 fully saturated rings. The summed E-state index contributed by atoms with van der Waals surface area (Å²) in [5.74, 6) is 2.25. The fraction of sp³-hybridized carbons (Fsp3) is 0.476. The Morgan fingerprint density at radius 1 is 1.19 bits per heavy atom. The Kier molecular flexibility index (Phi) is 10.0. The first-order chi connectivity index (χ1) is 13.0. The Hall–Kier alpha value is -2.47. The van der Waals surface area contributed by atoms with Gasteiger partial charge in [-0.3, -0.25) is 4.90 Å². The van der Waals surface area contributed by atoms with Crippen LogP contribution in [0, 0.1) is 5.92 Å². The lowest BCUT2D eigenvalue weighted by atomic mass is 10.0. The number of nitrogens with two attached hydrogens (primary N) is 1. The zero-order chi connectivity index (χ0) is 20.2. The van der Waals surface area contributed by atoms with Crippen molar-refractivity contribution in [2.75, 3.05) is 33.9 Å². The van der Waals surface area contributed by atoms with Crippen molar-refractivity contribution in [1.82, 2.24) is 10.2 Å². The molecule has 0 saturated carbocycles. The fourth-order valence-corrected chi connectivity index (χ4v) is 2.88. The number of guanidine groups is 1. The first-order valence-electron chi connectivity index (χ1n) is 9.17. The molecular weight excluding hydrogens is 340 g/mol. The molecule has 0 heterocycles. The molecule has 0 amide bonds. The number of rotatable bonds is 12. The van der Waals surface area contributed by atoms with Gasteiger partial charge in [0.05, 0.1) is 20.8 Å². The third kappa shape index (κ3) is 7.35. The average molecular weight is 375 g/mol. The molecule has 1 unspecified atom stereocenters. The second-order valence-corrected chi connectivity index (χ2v) is 6.61. The highest BCUT2D eigenvalue weighted by Crippen LogP contribution is 2.27. The number of hydrogen-bond acceptors (Lipinski definition) is 4. The molecule has 0 spiro atoms. The summed E-state index contributed by atoms with van der Waals surface area (Å²) in [5.41, 5.74) is 7.07. The number of aliphatic imine (C=N–C) groups is 1. The lowest BCUT2D eigenvalue weighted by molar-refractivity contribution is 0.190. The van der Waals surface area contributed by atoms with Crippen molar-refractivity contribution >= 4 is 5.96 Å². The minimum atomic E-state index is 0.302. The van der Waals surface area contributed by atoms with Gasteiger partial charge in [0.1, 0.15) is 0 Å². The van der Waals surface area contributed by atoms with E-state index in [0.29, 0.717) is 42.5 Å². The van der Waals surface area contributed by atoms with Crippen LogP contribution in [0.1, 0.15) is 19.4 Å². The summed E-state index contributed by atoms with van der Waals surface area (Å²) < 4.78 is 10.6. The number of benzene rings is 1. The minimum Gasteiger partial charge on any atom is -0.493 e. The van der Waals surface area contributed by atoms with Crippen LogP contribution in [-0.4, -0.2) is 50.8 Å². The second-order valence-electron chi connectivity index (χ2n) is 6.61. The number of nitrogens with one attached hydrogen (secondary N) is 1. The van der Waals surface area contributed by atoms with Crippen LogP contribution in [0.15, 0.2) is 48.5 Å². The zero-order valence-electron chi connectivity index (χ0n) is 17.1. The van der Waals surface area contributed by atoms with Crippen molar-refractivity contribution in [1.29, 1.82) is 0 Å². The predicted octanol–water partition coefficient (Wildman–Crippen LogP) is 2.81. The number of nitrogens with zero attached hydrogens (tertiary/aromatic N) is 2. The molecule has 0 aliphatic carbocycles. The SMILES string of the molecule is C=CCN(CC=C)C(CNC(N)=NCc1ccc(OC)c(OC)c1)C(C)C. The van der Waals surface area contributed by atoms with E-state index in [1.54, 1.807) is 14.2 Å². The fourth-order valence-electron chi connectivity index (χ4n) is 2.88. The van der Waals surface area contributed by atoms with Crippen molar-refractivity contribution in [3.8, 4) is 11.5 Å². The van der Waals surface area contributed by atoms with Gasteiger partial charge in [-0.25, -0.2) is 4.99 Å². The third-order valence-corrected chi connectivity index (χ3v) is 4.34. The Labute approximate surface area is 163 Å². The average Bonchev–Trinajstić information content (AvgIpc) is 2.66. The Bertz CT molecular complexity index is 619. The van der Waals surface area contributed by atoms with Crippen LogP contribution >= 0.6 is 0 Å². The molecule has 0 aliphatic rings. The summed E-state index contributed by atoms with van der Waals surface area (Å²) in [7, 11) is 3.23. The summed E-state index contributed by atoms with van der Waals surface area (Å²) in [5, 5.41) is 3.24. The first kappa shape index (κ1) is 22.6. The molecule has 1 atom stereocenters. The molecule has 1 aromatic rings. The molecule has 0 saturated heterocycles. The maximum Gasteiger partial charge on any atom is 0.188 e. The summed E-state index contributed by atoms with van der Waals surface area (Å²) in [6.45, 7) is 14.9. The molecular formula is C21H34N4O2. The molecule has 6 heteroatoms. The summed E-state index contributed by atoms with van der Waals surface area (Å²) >= 11 is 0. The predicted molar refractivity (Wildman–Crippen MR) is 113 cm³/mol. The van der Waals surface area contributed by atoms with Gasteiger partial charge in [-0.05, 0) is 23.6 Å². The molecule has 3 N–H and O–H groups in total. The van der Waals surface area contributed by atoms with Gasteiger partial charge in [0.2, 0.25) is 0 Å². The van der Waals surface area contributed by atoms with E-state index in [9.17, 15) is 0 Å². The van der Waals surface area contributed by atoms with Crippen LogP contribution in [0.2, 0.25) is 0 Å². The van der Waals surface area contributed by atoms with Crippen LogP contribution in [0.5, 0.6) is 11.5 Å². The van der Waals surface area contributed by atoms with Crippen LogP contribution in [-0.2, 0) is 6.54 Å². The monoisotopic (exact) mass is 374 g/mol. The van der Waals surface area contributed by atoms with Crippen molar-refractivity contribution < 1.29 is 9.47 Å². The highest BCUT2D eigenvalue weighted by molar-refractivity contribution is 5.77.